The average molecular weight is 231 g/mol. The van der Waals surface area contributed by atoms with Crippen molar-refractivity contribution in [2.75, 3.05) is 0 Å². The van der Waals surface area contributed by atoms with Crippen molar-refractivity contribution in [1.82, 2.24) is 15.4 Å². The van der Waals surface area contributed by atoms with E-state index in [-0.39, 0.29) is 5.11 Å². The first kappa shape index (κ1) is 10.4. The summed E-state index contributed by atoms with van der Waals surface area (Å²) in [6, 6.07) is 7.72. The minimum atomic E-state index is 0.108. The van der Waals surface area contributed by atoms with Crippen LogP contribution in [0.1, 0.15) is 5.82 Å². The van der Waals surface area contributed by atoms with Crippen LogP contribution in [0.3, 0.4) is 0 Å². The molecule has 1 heterocycles. The smallest absolute Gasteiger partial charge is 0.184 e. The van der Waals surface area contributed by atoms with Crippen LogP contribution in [-0.4, -0.2) is 21.3 Å². The van der Waals surface area contributed by atoms with Crippen LogP contribution in [0.15, 0.2) is 35.6 Å². The SMILES string of the molecule is NC(=S)NN=Cc1ncc2ccccc2n1. The van der Waals surface area contributed by atoms with Crippen LogP contribution in [0, 0.1) is 0 Å². The van der Waals surface area contributed by atoms with Crippen molar-refractivity contribution < 1.29 is 0 Å². The zero-order valence-corrected chi connectivity index (χ0v) is 9.11. The number of benzene rings is 1. The lowest BCUT2D eigenvalue weighted by Crippen LogP contribution is -2.24. The van der Waals surface area contributed by atoms with Gasteiger partial charge in [0.15, 0.2) is 10.9 Å². The van der Waals surface area contributed by atoms with Gasteiger partial charge in [-0.1, -0.05) is 18.2 Å². The zero-order chi connectivity index (χ0) is 11.4. The van der Waals surface area contributed by atoms with Gasteiger partial charge >= 0.3 is 0 Å². The van der Waals surface area contributed by atoms with Gasteiger partial charge in [0.2, 0.25) is 0 Å². The maximum atomic E-state index is 5.21. The number of para-hydroxylation sites is 1. The molecule has 2 aromatic rings. The predicted octanol–water partition coefficient (Wildman–Crippen LogP) is 0.797. The predicted molar refractivity (Wildman–Crippen MR) is 67.1 cm³/mol. The maximum Gasteiger partial charge on any atom is 0.184 e. The first-order valence-corrected chi connectivity index (χ1v) is 4.97. The van der Waals surface area contributed by atoms with Crippen LogP contribution in [0.4, 0.5) is 0 Å². The summed E-state index contributed by atoms with van der Waals surface area (Å²) in [6.45, 7) is 0. The Morgan fingerprint density at radius 3 is 3.06 bits per heavy atom. The van der Waals surface area contributed by atoms with Gasteiger partial charge in [-0.05, 0) is 18.3 Å². The van der Waals surface area contributed by atoms with Gasteiger partial charge in [0, 0.05) is 11.6 Å². The van der Waals surface area contributed by atoms with Crippen LogP contribution in [0.2, 0.25) is 0 Å². The molecule has 0 atom stereocenters. The summed E-state index contributed by atoms with van der Waals surface area (Å²) >= 11 is 4.60. The number of hydrogen-bond donors (Lipinski definition) is 2. The molecule has 5 nitrogen and oxygen atoms in total. The molecule has 0 spiro atoms. The van der Waals surface area contributed by atoms with Gasteiger partial charge in [0.25, 0.3) is 0 Å². The van der Waals surface area contributed by atoms with Gasteiger partial charge in [0.05, 0.1) is 11.7 Å². The Bertz CT molecular complexity index is 552. The molecule has 1 aromatic carbocycles. The van der Waals surface area contributed by atoms with E-state index in [2.05, 4.69) is 32.7 Å². The largest absolute Gasteiger partial charge is 0.375 e. The van der Waals surface area contributed by atoms with Gasteiger partial charge < -0.3 is 5.73 Å². The third-order valence-electron chi connectivity index (χ3n) is 1.86. The van der Waals surface area contributed by atoms with Gasteiger partial charge in [-0.2, -0.15) is 5.10 Å². The minimum Gasteiger partial charge on any atom is -0.375 e. The number of nitrogens with two attached hydrogens (primary N) is 1. The lowest BCUT2D eigenvalue weighted by atomic mass is 10.2. The standard InChI is InChI=1S/C10H9N5S/c11-10(16)15-13-6-9-12-5-7-3-1-2-4-8(7)14-9/h1-6H,(H3,11,15,16). The third kappa shape index (κ3) is 2.48. The summed E-state index contributed by atoms with van der Waals surface area (Å²) in [5.74, 6) is 0.502. The van der Waals surface area contributed by atoms with E-state index in [1.165, 1.54) is 6.21 Å². The Kier molecular flexibility index (Phi) is 3.02. The molecule has 3 N–H and O–H groups in total. The summed E-state index contributed by atoms with van der Waals surface area (Å²) in [6.07, 6.45) is 3.20. The van der Waals surface area contributed by atoms with Gasteiger partial charge in [-0.15, -0.1) is 0 Å². The van der Waals surface area contributed by atoms with Crippen molar-refractivity contribution >= 4 is 34.4 Å². The van der Waals surface area contributed by atoms with E-state index in [9.17, 15) is 0 Å². The number of aromatic nitrogens is 2. The second kappa shape index (κ2) is 4.63. The number of fused-ring (bicyclic) bond motifs is 1. The van der Waals surface area contributed by atoms with Crippen LogP contribution >= 0.6 is 12.2 Å². The molecule has 0 aliphatic heterocycles. The highest BCUT2D eigenvalue weighted by molar-refractivity contribution is 7.80. The van der Waals surface area contributed by atoms with E-state index in [0.29, 0.717) is 5.82 Å². The van der Waals surface area contributed by atoms with E-state index < -0.39 is 0 Å². The van der Waals surface area contributed by atoms with E-state index in [1.807, 2.05) is 24.3 Å². The third-order valence-corrected chi connectivity index (χ3v) is 1.95. The molecule has 0 saturated heterocycles. The van der Waals surface area contributed by atoms with Crippen molar-refractivity contribution in [2.24, 2.45) is 10.8 Å². The fourth-order valence-electron chi connectivity index (χ4n) is 1.20. The number of rotatable bonds is 2. The number of nitrogens with zero attached hydrogens (tertiary/aromatic N) is 3. The van der Waals surface area contributed by atoms with E-state index in [1.54, 1.807) is 6.20 Å². The van der Waals surface area contributed by atoms with Crippen molar-refractivity contribution in [1.29, 1.82) is 0 Å². The molecule has 80 valence electrons. The molecule has 2 rings (SSSR count). The van der Waals surface area contributed by atoms with Crippen molar-refractivity contribution in [3.63, 3.8) is 0 Å². The number of nitrogens with one attached hydrogen (secondary N) is 1. The Hall–Kier alpha value is -2.08. The molecule has 0 saturated carbocycles. The Morgan fingerprint density at radius 2 is 2.25 bits per heavy atom. The molecule has 6 heteroatoms. The first-order valence-electron chi connectivity index (χ1n) is 4.56. The van der Waals surface area contributed by atoms with E-state index >= 15 is 0 Å². The summed E-state index contributed by atoms with van der Waals surface area (Å²) in [5.41, 5.74) is 8.52. The van der Waals surface area contributed by atoms with Gasteiger partial charge in [-0.3, -0.25) is 5.43 Å². The first-order chi connectivity index (χ1) is 7.75. The number of hydrazone groups is 1. The lowest BCUT2D eigenvalue weighted by Gasteiger charge is -1.97. The van der Waals surface area contributed by atoms with Crippen molar-refractivity contribution in [2.45, 2.75) is 0 Å². The minimum absolute atomic E-state index is 0.108. The van der Waals surface area contributed by atoms with E-state index in [0.717, 1.165) is 10.9 Å². The maximum absolute atomic E-state index is 5.21. The second-order valence-electron chi connectivity index (χ2n) is 3.02. The fraction of sp³-hybridized carbons (Fsp3) is 0. The normalized spacial score (nSPS) is 10.8. The molecular weight excluding hydrogens is 222 g/mol. The quantitative estimate of drug-likeness (QED) is 0.454. The molecule has 0 unspecified atom stereocenters. The summed E-state index contributed by atoms with van der Waals surface area (Å²) < 4.78 is 0. The van der Waals surface area contributed by atoms with Crippen molar-refractivity contribution in [3.05, 3.63) is 36.3 Å². The molecular formula is C10H9N5S. The highest BCUT2D eigenvalue weighted by Gasteiger charge is 1.95. The van der Waals surface area contributed by atoms with Crippen LogP contribution in [0.5, 0.6) is 0 Å². The Morgan fingerprint density at radius 1 is 1.44 bits per heavy atom. The highest BCUT2D eigenvalue weighted by atomic mass is 32.1. The summed E-state index contributed by atoms with van der Waals surface area (Å²) in [5, 5.41) is 4.88. The molecule has 0 amide bonds. The highest BCUT2D eigenvalue weighted by Crippen LogP contribution is 2.08. The Labute approximate surface area is 97.4 Å². The van der Waals surface area contributed by atoms with Crippen LogP contribution in [-0.2, 0) is 0 Å². The van der Waals surface area contributed by atoms with Crippen molar-refractivity contribution in [3.8, 4) is 0 Å². The monoisotopic (exact) mass is 231 g/mol. The Balaban J connectivity index is 2.26. The van der Waals surface area contributed by atoms with Gasteiger partial charge in [-0.25, -0.2) is 9.97 Å². The fourth-order valence-corrected chi connectivity index (χ4v) is 1.26. The lowest BCUT2D eigenvalue weighted by molar-refractivity contribution is 1.03. The van der Waals surface area contributed by atoms with Crippen LogP contribution < -0.4 is 11.2 Å². The second-order valence-corrected chi connectivity index (χ2v) is 3.46. The summed E-state index contributed by atoms with van der Waals surface area (Å²) in [4.78, 5) is 8.41. The molecule has 0 radical (unpaired) electrons. The molecule has 0 fully saturated rings. The topological polar surface area (TPSA) is 76.2 Å². The van der Waals surface area contributed by atoms with Crippen LogP contribution in [0.25, 0.3) is 10.9 Å². The molecule has 0 aliphatic carbocycles. The molecule has 0 bridgehead atoms. The molecule has 1 aromatic heterocycles. The molecule has 0 aliphatic rings. The zero-order valence-electron chi connectivity index (χ0n) is 8.29. The van der Waals surface area contributed by atoms with Gasteiger partial charge in [0.1, 0.15) is 0 Å². The molecule has 16 heavy (non-hydrogen) atoms. The number of hydrogen-bond acceptors (Lipinski definition) is 4. The number of thiocarbonyl (C=S) groups is 1. The average Bonchev–Trinajstić information content (AvgIpc) is 2.28. The summed E-state index contributed by atoms with van der Waals surface area (Å²) in [7, 11) is 0. The van der Waals surface area contributed by atoms with E-state index in [4.69, 9.17) is 5.73 Å².